The van der Waals surface area contributed by atoms with Crippen LogP contribution in [0.2, 0.25) is 0 Å². The third-order valence-electron chi connectivity index (χ3n) is 0.333. The average Bonchev–Trinajstić information content (AvgIpc) is 1.88. The van der Waals surface area contributed by atoms with E-state index in [0.717, 1.165) is 0 Å². The fourth-order valence-corrected chi connectivity index (χ4v) is 0. The minimum Gasteiger partial charge on any atom is -0.543 e. The molecule has 0 aromatic carbocycles. The summed E-state index contributed by atoms with van der Waals surface area (Å²) in [5, 5.41) is 35.7. The van der Waals surface area contributed by atoms with E-state index in [9.17, 15) is 0 Å². The van der Waals surface area contributed by atoms with E-state index in [-0.39, 0.29) is 23.5 Å². The van der Waals surface area contributed by atoms with E-state index in [0.29, 0.717) is 0 Å². The second-order valence-electron chi connectivity index (χ2n) is 1.15. The van der Waals surface area contributed by atoms with Gasteiger partial charge in [0.05, 0.1) is 23.9 Å². The number of carboxylic acid groups (broad SMARTS) is 4. The summed E-state index contributed by atoms with van der Waals surface area (Å²) in [6, 6.07) is 0. The van der Waals surface area contributed by atoms with Gasteiger partial charge in [0.25, 0.3) is 0 Å². The first-order chi connectivity index (χ1) is 5.29. The summed E-state index contributed by atoms with van der Waals surface area (Å²) in [5.41, 5.74) is 0. The van der Waals surface area contributed by atoms with Crippen molar-refractivity contribution in [2.45, 2.75) is 0 Å². The number of rotatable bonds is 0. The first kappa shape index (κ1) is 22.8. The normalized spacial score (nSPS) is 6.29. The predicted octanol–water partition coefficient (Wildman–Crippen LogP) is -6.65. The molecule has 79 valence electrons. The SMILES string of the molecule is O=C([O-])C(=O)[O-].O=C([O-])C(=O)[O-].[Cr+3].[NH4+]. The second kappa shape index (κ2) is 11.4. The van der Waals surface area contributed by atoms with Gasteiger partial charge < -0.3 is 45.8 Å². The van der Waals surface area contributed by atoms with Gasteiger partial charge in [0, 0.05) is 0 Å². The number of carbonyl (C=O) groups excluding carboxylic acids is 4. The smallest absolute Gasteiger partial charge is 0.543 e. The number of carboxylic acids is 4. The summed E-state index contributed by atoms with van der Waals surface area (Å²) < 4.78 is 0. The number of hydrogen-bond donors (Lipinski definition) is 1. The van der Waals surface area contributed by atoms with Gasteiger partial charge in [-0.15, -0.1) is 0 Å². The van der Waals surface area contributed by atoms with Crippen LogP contribution < -0.4 is 26.6 Å². The monoisotopic (exact) mass is 246 g/mol. The van der Waals surface area contributed by atoms with Crippen molar-refractivity contribution < 1.29 is 57.0 Å². The molecular weight excluding hydrogens is 242 g/mol. The third-order valence-corrected chi connectivity index (χ3v) is 0.333. The summed E-state index contributed by atoms with van der Waals surface area (Å²) in [7, 11) is 0. The maximum atomic E-state index is 8.93. The fourth-order valence-electron chi connectivity index (χ4n) is 0. The quantitative estimate of drug-likeness (QED) is 0.406. The Balaban J connectivity index is -0.0000000625. The Labute approximate surface area is 87.7 Å². The third kappa shape index (κ3) is 22.4. The van der Waals surface area contributed by atoms with Crippen LogP contribution in [0.25, 0.3) is 0 Å². The number of carbonyl (C=O) groups is 4. The van der Waals surface area contributed by atoms with E-state index >= 15 is 0 Å². The standard InChI is InChI=1S/2C2H2O4.Cr.H3N/c2*3-1(4)2(5)6;;/h2*(H,3,4)(H,5,6);;1H3/q;;+3;/p-3. The van der Waals surface area contributed by atoms with Crippen molar-refractivity contribution in [3.8, 4) is 0 Å². The maximum Gasteiger partial charge on any atom is 3.00 e. The van der Waals surface area contributed by atoms with Crippen molar-refractivity contribution in [3.63, 3.8) is 0 Å². The molecule has 1 radical (unpaired) electrons. The molecule has 0 aromatic rings. The Morgan fingerprint density at radius 3 is 0.643 bits per heavy atom. The number of hydrogen-bond acceptors (Lipinski definition) is 8. The summed E-state index contributed by atoms with van der Waals surface area (Å²) in [4.78, 5) is 35.7. The summed E-state index contributed by atoms with van der Waals surface area (Å²) in [5.74, 6) is -8.74. The second-order valence-corrected chi connectivity index (χ2v) is 1.15. The molecule has 10 heteroatoms. The summed E-state index contributed by atoms with van der Waals surface area (Å²) in [6.07, 6.45) is 0. The molecule has 4 N–H and O–H groups in total. The molecule has 0 spiro atoms. The van der Waals surface area contributed by atoms with Crippen LogP contribution in [-0.2, 0) is 36.5 Å². The van der Waals surface area contributed by atoms with Crippen molar-refractivity contribution in [2.24, 2.45) is 0 Å². The van der Waals surface area contributed by atoms with Crippen LogP contribution >= 0.6 is 0 Å². The molecule has 9 nitrogen and oxygen atoms in total. The molecule has 0 fully saturated rings. The number of aliphatic carboxylic acids is 4. The van der Waals surface area contributed by atoms with Crippen LogP contribution in [-0.4, -0.2) is 23.9 Å². The first-order valence-corrected chi connectivity index (χ1v) is 2.13. The van der Waals surface area contributed by atoms with Gasteiger partial charge in [-0.25, -0.2) is 0 Å². The van der Waals surface area contributed by atoms with Crippen molar-refractivity contribution in [1.29, 1.82) is 0 Å². The van der Waals surface area contributed by atoms with Crippen molar-refractivity contribution in [2.75, 3.05) is 0 Å². The summed E-state index contributed by atoms with van der Waals surface area (Å²) >= 11 is 0. The van der Waals surface area contributed by atoms with Gasteiger partial charge in [0.1, 0.15) is 0 Å². The van der Waals surface area contributed by atoms with E-state index in [1.807, 2.05) is 0 Å². The molecular formula is C4H4CrNO8. The maximum absolute atomic E-state index is 8.93. The van der Waals surface area contributed by atoms with Crippen LogP contribution in [0, 0.1) is 0 Å². The summed E-state index contributed by atoms with van der Waals surface area (Å²) in [6.45, 7) is 0. The molecule has 0 saturated carbocycles. The van der Waals surface area contributed by atoms with Crippen LogP contribution in [0.5, 0.6) is 0 Å². The zero-order valence-corrected chi connectivity index (χ0v) is 7.95. The van der Waals surface area contributed by atoms with Crippen molar-refractivity contribution in [3.05, 3.63) is 0 Å². The zero-order valence-electron chi connectivity index (χ0n) is 6.67. The van der Waals surface area contributed by atoms with E-state index < -0.39 is 23.9 Å². The van der Waals surface area contributed by atoms with E-state index in [4.69, 9.17) is 39.6 Å². The van der Waals surface area contributed by atoms with Gasteiger partial charge in [-0.1, -0.05) is 0 Å². The molecule has 0 aromatic heterocycles. The van der Waals surface area contributed by atoms with E-state index in [1.165, 1.54) is 0 Å². The van der Waals surface area contributed by atoms with Crippen molar-refractivity contribution in [1.82, 2.24) is 6.15 Å². The minimum absolute atomic E-state index is 0. The molecule has 0 aliphatic carbocycles. The number of quaternary nitrogens is 1. The molecule has 0 aliphatic rings. The fraction of sp³-hybridized carbons (Fsp3) is 0. The average molecular weight is 246 g/mol. The van der Waals surface area contributed by atoms with Gasteiger partial charge >= 0.3 is 17.4 Å². The Hall–Kier alpha value is -1.63. The van der Waals surface area contributed by atoms with Crippen LogP contribution in [0.1, 0.15) is 0 Å². The molecule has 0 aliphatic heterocycles. The van der Waals surface area contributed by atoms with Crippen molar-refractivity contribution >= 4 is 23.9 Å². The molecule has 0 rings (SSSR count). The molecule has 0 bridgehead atoms. The Bertz CT molecular complexity index is 177. The van der Waals surface area contributed by atoms with Crippen LogP contribution in [0.4, 0.5) is 0 Å². The Morgan fingerprint density at radius 2 is 0.643 bits per heavy atom. The molecule has 14 heavy (non-hydrogen) atoms. The van der Waals surface area contributed by atoms with Crippen LogP contribution in [0.3, 0.4) is 0 Å². The predicted molar refractivity (Wildman–Crippen MR) is 26.0 cm³/mol. The van der Waals surface area contributed by atoms with Gasteiger partial charge in [-0.05, 0) is 0 Å². The van der Waals surface area contributed by atoms with E-state index in [2.05, 4.69) is 0 Å². The first-order valence-electron chi connectivity index (χ1n) is 2.13. The Kier molecular flexibility index (Phi) is 18.5. The van der Waals surface area contributed by atoms with Gasteiger partial charge in [-0.2, -0.15) is 0 Å². The molecule has 0 amide bonds. The topological polar surface area (TPSA) is 197 Å². The van der Waals surface area contributed by atoms with Gasteiger partial charge in [-0.3, -0.25) is 0 Å². The van der Waals surface area contributed by atoms with Crippen LogP contribution in [0.15, 0.2) is 0 Å². The van der Waals surface area contributed by atoms with E-state index in [1.54, 1.807) is 0 Å². The molecule has 0 heterocycles. The van der Waals surface area contributed by atoms with Gasteiger partial charge in [0.15, 0.2) is 0 Å². The molecule has 0 unspecified atom stereocenters. The molecule has 0 saturated heterocycles. The Morgan fingerprint density at radius 1 is 0.571 bits per heavy atom. The largest absolute Gasteiger partial charge is 3.00 e. The zero-order chi connectivity index (χ0) is 10.3. The van der Waals surface area contributed by atoms with Gasteiger partial charge in [0.2, 0.25) is 0 Å². The molecule has 0 atom stereocenters. The minimum atomic E-state index is -2.19.